The summed E-state index contributed by atoms with van der Waals surface area (Å²) in [6.45, 7) is 10.7. The number of quaternary nitrogens is 1. The second kappa shape index (κ2) is 21.3. The van der Waals surface area contributed by atoms with Crippen LogP contribution in [0.3, 0.4) is 0 Å². The fraction of sp³-hybridized carbons (Fsp3) is 0.786. The second-order valence-electron chi connectivity index (χ2n) is 9.59. The Morgan fingerprint density at radius 1 is 0.588 bits per heavy atom. The maximum atomic E-state index is 8.74. The minimum Gasteiger partial charge on any atom is -0.292 e. The molecule has 0 atom stereocenters. The molecule has 1 aromatic rings. The number of unbranched alkanes of at least 4 members (excludes halogenated alkanes) is 15. The molecule has 0 fully saturated rings. The predicted octanol–water partition coefficient (Wildman–Crippen LogP) is 8.64. The van der Waals surface area contributed by atoms with Crippen LogP contribution in [0.15, 0.2) is 30.3 Å². The SMILES string of the molecule is CCCCCCCCCCCCCCCCCC[N+](CC)(CC)c1ccccc1.O=S(=O)(O)O. The van der Waals surface area contributed by atoms with E-state index in [0.29, 0.717) is 0 Å². The van der Waals surface area contributed by atoms with Gasteiger partial charge in [-0.2, -0.15) is 8.42 Å². The molecule has 5 nitrogen and oxygen atoms in total. The zero-order valence-corrected chi connectivity index (χ0v) is 23.2. The topological polar surface area (TPSA) is 74.6 Å². The van der Waals surface area contributed by atoms with Crippen LogP contribution in [0, 0.1) is 0 Å². The highest BCUT2D eigenvalue weighted by Crippen LogP contribution is 2.24. The lowest BCUT2D eigenvalue weighted by molar-refractivity contribution is 0.291. The molecule has 0 aliphatic rings. The van der Waals surface area contributed by atoms with Crippen molar-refractivity contribution in [3.63, 3.8) is 0 Å². The maximum absolute atomic E-state index is 8.74. The van der Waals surface area contributed by atoms with Crippen LogP contribution in [-0.2, 0) is 10.4 Å². The van der Waals surface area contributed by atoms with E-state index in [9.17, 15) is 0 Å². The van der Waals surface area contributed by atoms with Crippen LogP contribution >= 0.6 is 0 Å². The molecule has 0 radical (unpaired) electrons. The largest absolute Gasteiger partial charge is 0.394 e. The molecule has 0 spiro atoms. The van der Waals surface area contributed by atoms with Gasteiger partial charge in [0.25, 0.3) is 0 Å². The summed E-state index contributed by atoms with van der Waals surface area (Å²) in [4.78, 5) is 0. The van der Waals surface area contributed by atoms with E-state index in [4.69, 9.17) is 17.5 Å². The highest BCUT2D eigenvalue weighted by Gasteiger charge is 2.25. The zero-order chi connectivity index (χ0) is 25.5. The van der Waals surface area contributed by atoms with Gasteiger partial charge >= 0.3 is 10.4 Å². The smallest absolute Gasteiger partial charge is 0.292 e. The van der Waals surface area contributed by atoms with Crippen molar-refractivity contribution in [3.05, 3.63) is 30.3 Å². The average Bonchev–Trinajstić information content (AvgIpc) is 2.81. The summed E-state index contributed by atoms with van der Waals surface area (Å²) in [6, 6.07) is 11.2. The highest BCUT2D eigenvalue weighted by atomic mass is 32.3. The van der Waals surface area contributed by atoms with E-state index < -0.39 is 10.4 Å². The zero-order valence-electron chi connectivity index (χ0n) is 22.4. The van der Waals surface area contributed by atoms with Crippen LogP contribution in [0.25, 0.3) is 0 Å². The van der Waals surface area contributed by atoms with Crippen LogP contribution in [0.2, 0.25) is 0 Å². The maximum Gasteiger partial charge on any atom is 0.394 e. The van der Waals surface area contributed by atoms with Gasteiger partial charge in [-0.25, -0.2) is 0 Å². The quantitative estimate of drug-likeness (QED) is 0.107. The van der Waals surface area contributed by atoms with Crippen LogP contribution in [0.4, 0.5) is 5.69 Å². The van der Waals surface area contributed by atoms with E-state index in [0.717, 1.165) is 4.48 Å². The molecule has 0 aliphatic heterocycles. The minimum absolute atomic E-state index is 1.15. The van der Waals surface area contributed by atoms with Gasteiger partial charge in [-0.3, -0.25) is 13.6 Å². The molecule has 34 heavy (non-hydrogen) atoms. The van der Waals surface area contributed by atoms with Gasteiger partial charge in [0.05, 0.1) is 19.6 Å². The molecule has 6 heteroatoms. The van der Waals surface area contributed by atoms with Crippen LogP contribution in [0.1, 0.15) is 124 Å². The van der Waals surface area contributed by atoms with Gasteiger partial charge < -0.3 is 0 Å². The fourth-order valence-corrected chi connectivity index (χ4v) is 4.74. The van der Waals surface area contributed by atoms with Crippen molar-refractivity contribution < 1.29 is 17.5 Å². The van der Waals surface area contributed by atoms with Gasteiger partial charge in [-0.05, 0) is 38.8 Å². The Morgan fingerprint density at radius 3 is 1.24 bits per heavy atom. The molecule has 1 rings (SSSR count). The molecule has 0 aliphatic carbocycles. The second-order valence-corrected chi connectivity index (χ2v) is 10.5. The normalized spacial score (nSPS) is 11.8. The number of benzene rings is 1. The number of para-hydroxylation sites is 1. The Labute approximate surface area is 211 Å². The molecular weight excluding hydrogens is 446 g/mol. The van der Waals surface area contributed by atoms with E-state index in [1.807, 2.05) is 0 Å². The van der Waals surface area contributed by atoms with Gasteiger partial charge in [-0.1, -0.05) is 115 Å². The summed E-state index contributed by atoms with van der Waals surface area (Å²) in [5, 5.41) is 0. The van der Waals surface area contributed by atoms with Crippen molar-refractivity contribution >= 4 is 16.1 Å². The number of rotatable bonds is 20. The molecule has 0 heterocycles. The van der Waals surface area contributed by atoms with E-state index in [2.05, 4.69) is 51.1 Å². The highest BCUT2D eigenvalue weighted by molar-refractivity contribution is 7.79. The van der Waals surface area contributed by atoms with E-state index in [1.54, 1.807) is 0 Å². The van der Waals surface area contributed by atoms with Gasteiger partial charge in [0, 0.05) is 0 Å². The Morgan fingerprint density at radius 2 is 0.912 bits per heavy atom. The standard InChI is InChI=1S/C28H52N.H2O4S/c1-4-7-8-9-10-11-12-13-14-15-16-17-18-19-20-24-27-29(5-2,6-3)28-25-22-21-23-26-28;1-5(2,3)4/h21-23,25-26H,4-20,24,27H2,1-3H3;(H2,1,2,3,4)/q+1;. The first kappa shape index (κ1) is 33.0. The van der Waals surface area contributed by atoms with E-state index in [1.165, 1.54) is 128 Å². The lowest BCUT2D eigenvalue weighted by Gasteiger charge is -2.36. The van der Waals surface area contributed by atoms with Crippen molar-refractivity contribution in [1.82, 2.24) is 4.48 Å². The molecule has 2 N–H and O–H groups in total. The number of hydrogen-bond acceptors (Lipinski definition) is 2. The van der Waals surface area contributed by atoms with Crippen molar-refractivity contribution in [2.45, 2.75) is 124 Å². The molecule has 0 aromatic heterocycles. The summed E-state index contributed by atoms with van der Waals surface area (Å²) in [5.74, 6) is 0. The van der Waals surface area contributed by atoms with Crippen molar-refractivity contribution in [1.29, 1.82) is 0 Å². The Hall–Kier alpha value is -0.950. The number of nitrogens with zero attached hydrogens (tertiary/aromatic N) is 1. The first-order valence-corrected chi connectivity index (χ1v) is 15.3. The lowest BCUT2D eigenvalue weighted by atomic mass is 10.0. The molecule has 0 amide bonds. The monoisotopic (exact) mass is 500 g/mol. The van der Waals surface area contributed by atoms with Crippen molar-refractivity contribution in [2.24, 2.45) is 0 Å². The van der Waals surface area contributed by atoms with Crippen LogP contribution in [0.5, 0.6) is 0 Å². The molecule has 0 bridgehead atoms. The predicted molar refractivity (Wildman–Crippen MR) is 148 cm³/mol. The Bertz CT molecular complexity index is 652. The summed E-state index contributed by atoms with van der Waals surface area (Å²) in [6.07, 6.45) is 23.1. The van der Waals surface area contributed by atoms with Gasteiger partial charge in [0.15, 0.2) is 0 Å². The minimum atomic E-state index is -4.67. The third kappa shape index (κ3) is 19.4. The Kier molecular flexibility index (Phi) is 20.7. The van der Waals surface area contributed by atoms with Crippen LogP contribution < -0.4 is 4.48 Å². The van der Waals surface area contributed by atoms with Gasteiger partial charge in [0.2, 0.25) is 0 Å². The first-order chi connectivity index (χ1) is 16.3. The Balaban J connectivity index is 0.00000196. The summed E-state index contributed by atoms with van der Waals surface area (Å²) >= 11 is 0. The molecule has 1 aromatic carbocycles. The fourth-order valence-electron chi connectivity index (χ4n) is 4.74. The van der Waals surface area contributed by atoms with Crippen molar-refractivity contribution in [3.8, 4) is 0 Å². The third-order valence-corrected chi connectivity index (χ3v) is 6.95. The average molecular weight is 501 g/mol. The van der Waals surface area contributed by atoms with Crippen LogP contribution in [-0.4, -0.2) is 37.2 Å². The van der Waals surface area contributed by atoms with E-state index in [-0.39, 0.29) is 0 Å². The molecule has 0 unspecified atom stereocenters. The molecule has 0 saturated heterocycles. The van der Waals surface area contributed by atoms with Gasteiger partial charge in [0.1, 0.15) is 5.69 Å². The molecule has 200 valence electrons. The first-order valence-electron chi connectivity index (χ1n) is 13.9. The molecular formula is C28H54NO4S+. The summed E-state index contributed by atoms with van der Waals surface area (Å²) in [5.41, 5.74) is 1.50. The summed E-state index contributed by atoms with van der Waals surface area (Å²) in [7, 11) is -4.67. The summed E-state index contributed by atoms with van der Waals surface area (Å²) < 4.78 is 32.7. The van der Waals surface area contributed by atoms with Gasteiger partial charge in [-0.15, -0.1) is 0 Å². The third-order valence-electron chi connectivity index (χ3n) is 6.95. The lowest BCUT2D eigenvalue weighted by Crippen LogP contribution is -2.49. The van der Waals surface area contributed by atoms with E-state index >= 15 is 0 Å². The molecule has 0 saturated carbocycles. The van der Waals surface area contributed by atoms with Crippen molar-refractivity contribution in [2.75, 3.05) is 19.6 Å². The number of hydrogen-bond donors (Lipinski definition) is 2.